The Hall–Kier alpha value is -3.94. The molecule has 136 valence electrons. The van der Waals surface area contributed by atoms with Crippen LogP contribution in [0.4, 0.5) is 11.6 Å². The number of nitrogens with one attached hydrogen (secondary N) is 1. The van der Waals surface area contributed by atoms with Gasteiger partial charge in [-0.25, -0.2) is 0 Å². The number of carbonyl (C=O) groups excluding carboxylic acids is 1. The van der Waals surface area contributed by atoms with E-state index < -0.39 is 16.7 Å². The number of amides is 1. The van der Waals surface area contributed by atoms with Gasteiger partial charge in [0.1, 0.15) is 12.0 Å². The maximum absolute atomic E-state index is 12.3. The summed E-state index contributed by atoms with van der Waals surface area (Å²) in [5, 5.41) is 17.1. The Kier molecular flexibility index (Phi) is 5.27. The zero-order chi connectivity index (χ0) is 19.2. The lowest BCUT2D eigenvalue weighted by Gasteiger charge is -2.10. The number of carbonyl (C=O) groups is 1. The summed E-state index contributed by atoms with van der Waals surface area (Å²) in [6.45, 7) is 0. The summed E-state index contributed by atoms with van der Waals surface area (Å²) in [5.41, 5.74) is 3.10. The average Bonchev–Trinajstić information content (AvgIpc) is 3.18. The van der Waals surface area contributed by atoms with E-state index in [2.05, 4.69) is 15.3 Å². The average molecular weight is 365 g/mol. The van der Waals surface area contributed by atoms with Crippen molar-refractivity contribution in [2.45, 2.75) is 0 Å². The molecule has 0 atom stereocenters. The van der Waals surface area contributed by atoms with E-state index in [0.29, 0.717) is 5.69 Å². The Morgan fingerprint density at radius 1 is 1.15 bits per heavy atom. The molecule has 0 spiro atoms. The molecule has 0 saturated heterocycles. The number of rotatable bonds is 6. The molecule has 1 N–H and O–H groups in total. The van der Waals surface area contributed by atoms with E-state index in [-0.39, 0.29) is 5.76 Å². The van der Waals surface area contributed by atoms with E-state index in [4.69, 9.17) is 4.42 Å². The molecule has 27 heavy (non-hydrogen) atoms. The molecule has 0 radical (unpaired) electrons. The molecule has 0 aliphatic rings. The van der Waals surface area contributed by atoms with Crippen LogP contribution in [0.25, 0.3) is 11.1 Å². The summed E-state index contributed by atoms with van der Waals surface area (Å²) in [5.74, 6) is -1.19. The third-order valence-corrected chi connectivity index (χ3v) is 3.70. The minimum atomic E-state index is -0.695. The molecule has 0 saturated carbocycles. The number of benzene rings is 2. The van der Waals surface area contributed by atoms with Gasteiger partial charge < -0.3 is 14.6 Å². The number of nitrogens with zero attached hydrogens (tertiary/aromatic N) is 2. The fourth-order valence-electron chi connectivity index (χ4n) is 2.44. The second-order valence-electron chi connectivity index (χ2n) is 5.43. The topological polar surface area (TPSA) is 107 Å². The van der Waals surface area contributed by atoms with Crippen molar-refractivity contribution in [2.75, 3.05) is 12.4 Å². The Morgan fingerprint density at radius 3 is 2.56 bits per heavy atom. The van der Waals surface area contributed by atoms with Crippen LogP contribution >= 0.6 is 0 Å². The Balaban J connectivity index is 1.84. The smallest absolute Gasteiger partial charge is 0.399 e. The highest BCUT2D eigenvalue weighted by Crippen LogP contribution is 2.28. The largest absolute Gasteiger partial charge is 0.433 e. The van der Waals surface area contributed by atoms with Crippen LogP contribution in [0.15, 0.2) is 70.2 Å². The maximum Gasteiger partial charge on any atom is 0.433 e. The highest BCUT2D eigenvalue weighted by molar-refractivity contribution is 6.04. The van der Waals surface area contributed by atoms with Crippen LogP contribution in [0.1, 0.15) is 16.1 Å². The summed E-state index contributed by atoms with van der Waals surface area (Å²) in [6, 6.07) is 17.1. The SMILES string of the molecule is CON=Cc1ccc(-c2ccccc2NC(=O)c2ccc([N+](=O)[O-])o2)cc1. The summed E-state index contributed by atoms with van der Waals surface area (Å²) >= 11 is 0. The lowest BCUT2D eigenvalue weighted by Crippen LogP contribution is -2.11. The molecule has 0 aliphatic heterocycles. The van der Waals surface area contributed by atoms with Gasteiger partial charge in [-0.15, -0.1) is 0 Å². The molecule has 1 aromatic heterocycles. The van der Waals surface area contributed by atoms with Crippen LogP contribution in [0, 0.1) is 10.1 Å². The number of anilines is 1. The minimum absolute atomic E-state index is 0.136. The fourth-order valence-corrected chi connectivity index (χ4v) is 2.44. The van der Waals surface area contributed by atoms with Gasteiger partial charge in [-0.3, -0.25) is 14.9 Å². The third kappa shape index (κ3) is 4.18. The Labute approximate surface area is 154 Å². The first-order valence-electron chi connectivity index (χ1n) is 7.90. The predicted octanol–water partition coefficient (Wildman–Crippen LogP) is 4.09. The molecule has 0 aliphatic carbocycles. The lowest BCUT2D eigenvalue weighted by molar-refractivity contribution is -0.402. The first-order chi connectivity index (χ1) is 13.1. The van der Waals surface area contributed by atoms with Crippen molar-refractivity contribution in [3.8, 4) is 11.1 Å². The van der Waals surface area contributed by atoms with Gasteiger partial charge in [-0.05, 0) is 23.3 Å². The van der Waals surface area contributed by atoms with E-state index >= 15 is 0 Å². The molecule has 2 aromatic carbocycles. The maximum atomic E-state index is 12.3. The van der Waals surface area contributed by atoms with E-state index in [1.165, 1.54) is 13.2 Å². The zero-order valence-electron chi connectivity index (χ0n) is 14.3. The second-order valence-corrected chi connectivity index (χ2v) is 5.43. The molecule has 0 bridgehead atoms. The number of hydrogen-bond donors (Lipinski definition) is 1. The molecule has 1 amide bonds. The van der Waals surface area contributed by atoms with Crippen molar-refractivity contribution in [1.82, 2.24) is 0 Å². The molecule has 3 aromatic rings. The van der Waals surface area contributed by atoms with E-state index in [0.717, 1.165) is 22.8 Å². The van der Waals surface area contributed by atoms with Crippen molar-refractivity contribution in [3.05, 3.63) is 82.1 Å². The standard InChI is InChI=1S/C19H15N3O5/c1-26-20-12-13-6-8-14(9-7-13)15-4-2-3-5-16(15)21-19(23)17-10-11-18(27-17)22(24)25/h2-12H,1H3,(H,21,23). The van der Waals surface area contributed by atoms with E-state index in [1.54, 1.807) is 18.3 Å². The molecule has 8 heteroatoms. The minimum Gasteiger partial charge on any atom is -0.399 e. The van der Waals surface area contributed by atoms with Crippen LogP contribution in [0.5, 0.6) is 0 Å². The molecular formula is C19H15N3O5. The first-order valence-corrected chi connectivity index (χ1v) is 7.90. The highest BCUT2D eigenvalue weighted by atomic mass is 16.6. The molecule has 8 nitrogen and oxygen atoms in total. The second kappa shape index (κ2) is 7.96. The van der Waals surface area contributed by atoms with Crippen LogP contribution in [-0.2, 0) is 4.84 Å². The van der Waals surface area contributed by atoms with Gasteiger partial charge in [0.15, 0.2) is 5.76 Å². The van der Waals surface area contributed by atoms with E-state index in [9.17, 15) is 14.9 Å². The summed E-state index contributed by atoms with van der Waals surface area (Å²) < 4.78 is 4.94. The van der Waals surface area contributed by atoms with E-state index in [1.807, 2.05) is 36.4 Å². The van der Waals surface area contributed by atoms with Gasteiger partial charge in [-0.2, -0.15) is 0 Å². The Morgan fingerprint density at radius 2 is 1.89 bits per heavy atom. The van der Waals surface area contributed by atoms with Crippen molar-refractivity contribution in [3.63, 3.8) is 0 Å². The van der Waals surface area contributed by atoms with Gasteiger partial charge in [-0.1, -0.05) is 47.6 Å². The van der Waals surface area contributed by atoms with Gasteiger partial charge in [0.05, 0.1) is 12.3 Å². The fraction of sp³-hybridized carbons (Fsp3) is 0.0526. The van der Waals surface area contributed by atoms with Crippen LogP contribution < -0.4 is 5.32 Å². The van der Waals surface area contributed by atoms with Crippen LogP contribution in [0.2, 0.25) is 0 Å². The number of oxime groups is 1. The van der Waals surface area contributed by atoms with Crippen molar-refractivity contribution in [2.24, 2.45) is 5.16 Å². The van der Waals surface area contributed by atoms with Crippen molar-refractivity contribution < 1.29 is 19.0 Å². The molecular weight excluding hydrogens is 350 g/mol. The normalized spacial score (nSPS) is 10.7. The van der Waals surface area contributed by atoms with Crippen LogP contribution in [0.3, 0.4) is 0 Å². The van der Waals surface area contributed by atoms with Gasteiger partial charge in [0.25, 0.3) is 5.91 Å². The third-order valence-electron chi connectivity index (χ3n) is 3.70. The quantitative estimate of drug-likeness (QED) is 0.402. The predicted molar refractivity (Wildman–Crippen MR) is 99.8 cm³/mol. The van der Waals surface area contributed by atoms with Gasteiger partial charge >= 0.3 is 5.88 Å². The Bertz CT molecular complexity index is 993. The summed E-state index contributed by atoms with van der Waals surface area (Å²) in [4.78, 5) is 27.0. The van der Waals surface area contributed by atoms with Crippen molar-refractivity contribution >= 4 is 23.7 Å². The number of hydrogen-bond acceptors (Lipinski definition) is 6. The summed E-state index contributed by atoms with van der Waals surface area (Å²) in [6.07, 6.45) is 1.58. The van der Waals surface area contributed by atoms with Crippen molar-refractivity contribution in [1.29, 1.82) is 0 Å². The van der Waals surface area contributed by atoms with Gasteiger partial charge in [0, 0.05) is 11.3 Å². The number of para-hydroxylation sites is 1. The number of nitro groups is 1. The van der Waals surface area contributed by atoms with Gasteiger partial charge in [0.2, 0.25) is 0 Å². The molecule has 1 heterocycles. The summed E-state index contributed by atoms with van der Waals surface area (Å²) in [7, 11) is 1.47. The van der Waals surface area contributed by atoms with Crippen LogP contribution in [-0.4, -0.2) is 24.2 Å². The molecule has 0 unspecified atom stereocenters. The number of furan rings is 1. The first kappa shape index (κ1) is 17.9. The molecule has 0 fully saturated rings. The monoisotopic (exact) mass is 365 g/mol. The zero-order valence-corrected chi connectivity index (χ0v) is 14.3. The molecule has 3 rings (SSSR count). The lowest BCUT2D eigenvalue weighted by atomic mass is 10.0. The highest BCUT2D eigenvalue weighted by Gasteiger charge is 2.18.